The summed E-state index contributed by atoms with van der Waals surface area (Å²) in [6, 6.07) is 5.84. The smallest absolute Gasteiger partial charge is 0.323 e. The number of sulfonamides is 1. The number of nitrogens with one attached hydrogen (secondary N) is 4. The lowest BCUT2D eigenvalue weighted by Gasteiger charge is -2.15. The number of carboxylic acid groups (broad SMARTS) is 1. The fraction of sp³-hybridized carbons (Fsp3) is 0.455. The fourth-order valence-electron chi connectivity index (χ4n) is 3.38. The van der Waals surface area contributed by atoms with Gasteiger partial charge in [-0.3, -0.25) is 9.59 Å². The van der Waals surface area contributed by atoms with Crippen LogP contribution in [0.2, 0.25) is 0 Å². The van der Waals surface area contributed by atoms with Gasteiger partial charge in [0.25, 0.3) is 5.91 Å². The average Bonchev–Trinajstić information content (AvgIpc) is 3.42. The van der Waals surface area contributed by atoms with Crippen LogP contribution in [0.1, 0.15) is 37.1 Å². The molecule has 1 aromatic carbocycles. The summed E-state index contributed by atoms with van der Waals surface area (Å²) < 4.78 is 26.9. The number of carboxylic acids is 1. The normalized spacial score (nSPS) is 16.3. The molecule has 0 spiro atoms. The minimum atomic E-state index is -4.06. The van der Waals surface area contributed by atoms with Crippen molar-refractivity contribution in [2.45, 2.75) is 56.6 Å². The van der Waals surface area contributed by atoms with E-state index < -0.39 is 34.5 Å². The molecule has 2 atom stereocenters. The number of aryl methyl sites for hydroxylation is 2. The molecule has 3 rings (SSSR count). The zero-order valence-electron chi connectivity index (χ0n) is 19.6. The van der Waals surface area contributed by atoms with Crippen LogP contribution in [0, 0.1) is 13.8 Å². The number of amides is 1. The van der Waals surface area contributed by atoms with E-state index in [0.29, 0.717) is 12.8 Å². The van der Waals surface area contributed by atoms with Gasteiger partial charge in [-0.2, -0.15) is 4.72 Å². The van der Waals surface area contributed by atoms with Crippen molar-refractivity contribution in [3.05, 3.63) is 41.7 Å². The number of aromatic amines is 1. The van der Waals surface area contributed by atoms with Crippen LogP contribution in [-0.2, 0) is 24.4 Å². The van der Waals surface area contributed by atoms with Crippen LogP contribution in [-0.4, -0.2) is 66.3 Å². The molecule has 5 N–H and O–H groups in total. The maximum Gasteiger partial charge on any atom is 0.323 e. The number of imidazole rings is 1. The van der Waals surface area contributed by atoms with E-state index in [1.54, 1.807) is 6.07 Å². The number of hydrogen-bond donors (Lipinski definition) is 5. The molecule has 190 valence electrons. The maximum atomic E-state index is 12.4. The van der Waals surface area contributed by atoms with Crippen molar-refractivity contribution in [3.63, 3.8) is 0 Å². The third-order valence-corrected chi connectivity index (χ3v) is 6.97. The van der Waals surface area contributed by atoms with E-state index in [0.717, 1.165) is 36.7 Å². The molecule has 1 aliphatic heterocycles. The van der Waals surface area contributed by atoms with E-state index in [4.69, 9.17) is 4.84 Å². The molecule has 2 aromatic rings. The summed E-state index contributed by atoms with van der Waals surface area (Å²) in [5.74, 6) is -1.27. The molecule has 1 amide bonds. The van der Waals surface area contributed by atoms with Crippen LogP contribution >= 0.6 is 0 Å². The highest BCUT2D eigenvalue weighted by atomic mass is 32.2. The number of anilines is 1. The first-order valence-corrected chi connectivity index (χ1v) is 12.7. The van der Waals surface area contributed by atoms with E-state index >= 15 is 0 Å². The Morgan fingerprint density at radius 2 is 1.97 bits per heavy atom. The Hall–Kier alpha value is -3.45. The Morgan fingerprint density at radius 3 is 2.63 bits per heavy atom. The summed E-state index contributed by atoms with van der Waals surface area (Å²) in [6.07, 6.45) is 2.48. The highest BCUT2D eigenvalue weighted by Gasteiger charge is 2.29. The second-order valence-electron chi connectivity index (χ2n) is 8.22. The van der Waals surface area contributed by atoms with E-state index in [9.17, 15) is 23.1 Å². The van der Waals surface area contributed by atoms with Crippen LogP contribution in [0.5, 0.6) is 0 Å². The number of rotatable bonds is 13. The third kappa shape index (κ3) is 7.52. The number of hydrogen-bond acceptors (Lipinski definition) is 8. The summed E-state index contributed by atoms with van der Waals surface area (Å²) in [7, 11) is -4.06. The SMILES string of the molecule is Cc1nc(NCCCCC2CC(C(=O)NCC(NS(=O)(=O)c3ccccc3)C(=O)O)=NO2)[nH]c1C. The van der Waals surface area contributed by atoms with E-state index in [-0.39, 0.29) is 16.7 Å². The number of carbonyl (C=O) groups is 2. The highest BCUT2D eigenvalue weighted by Crippen LogP contribution is 2.17. The first-order chi connectivity index (χ1) is 16.7. The van der Waals surface area contributed by atoms with Gasteiger partial charge in [-0.15, -0.1) is 0 Å². The zero-order valence-corrected chi connectivity index (χ0v) is 20.4. The van der Waals surface area contributed by atoms with Gasteiger partial charge < -0.3 is 25.6 Å². The standard InChI is InChI=1S/C22H30N6O6S/c1-14-15(2)26-22(25-14)23-11-7-6-8-16-12-18(27-34-16)20(29)24-13-19(21(30)31)28-35(32,33)17-9-4-3-5-10-17/h3-5,9-10,16,19,28H,6-8,11-13H2,1-2H3,(H,24,29)(H,30,31)(H2,23,25,26). The molecule has 0 saturated heterocycles. The highest BCUT2D eigenvalue weighted by molar-refractivity contribution is 7.89. The largest absolute Gasteiger partial charge is 0.480 e. The monoisotopic (exact) mass is 506 g/mol. The van der Waals surface area contributed by atoms with Crippen molar-refractivity contribution >= 4 is 33.6 Å². The van der Waals surface area contributed by atoms with Gasteiger partial charge in [0.15, 0.2) is 0 Å². The molecular formula is C22H30N6O6S. The van der Waals surface area contributed by atoms with Crippen molar-refractivity contribution in [1.82, 2.24) is 20.0 Å². The van der Waals surface area contributed by atoms with Crippen molar-refractivity contribution in [3.8, 4) is 0 Å². The van der Waals surface area contributed by atoms with Gasteiger partial charge in [-0.25, -0.2) is 13.4 Å². The Balaban J connectivity index is 1.38. The lowest BCUT2D eigenvalue weighted by molar-refractivity contribution is -0.138. The van der Waals surface area contributed by atoms with E-state index in [1.165, 1.54) is 24.3 Å². The maximum absolute atomic E-state index is 12.4. The van der Waals surface area contributed by atoms with Crippen molar-refractivity contribution in [2.24, 2.45) is 5.16 Å². The molecule has 0 saturated carbocycles. The lowest BCUT2D eigenvalue weighted by atomic mass is 10.1. The summed E-state index contributed by atoms with van der Waals surface area (Å²) >= 11 is 0. The number of oxime groups is 1. The third-order valence-electron chi connectivity index (χ3n) is 5.48. The minimum absolute atomic E-state index is 0.0708. The van der Waals surface area contributed by atoms with Gasteiger partial charge in [0.05, 0.1) is 10.6 Å². The number of benzene rings is 1. The molecule has 1 aromatic heterocycles. The number of aliphatic carboxylic acids is 1. The van der Waals surface area contributed by atoms with Gasteiger partial charge in [0, 0.05) is 25.2 Å². The molecule has 0 bridgehead atoms. The molecule has 0 fully saturated rings. The van der Waals surface area contributed by atoms with Crippen molar-refractivity contribution in [1.29, 1.82) is 0 Å². The van der Waals surface area contributed by atoms with Gasteiger partial charge in [-0.05, 0) is 45.2 Å². The number of unbranched alkanes of at least 4 members (excludes halogenated alkanes) is 1. The predicted molar refractivity (Wildman–Crippen MR) is 129 cm³/mol. The Labute approximate surface area is 203 Å². The topological polar surface area (TPSA) is 175 Å². The van der Waals surface area contributed by atoms with Crippen molar-refractivity contribution < 1.29 is 28.0 Å². The Bertz CT molecular complexity index is 1140. The van der Waals surface area contributed by atoms with Gasteiger partial charge in [0.1, 0.15) is 17.9 Å². The summed E-state index contributed by atoms with van der Waals surface area (Å²) in [6.45, 7) is 4.20. The first kappa shape index (κ1) is 26.2. The molecule has 1 aliphatic rings. The van der Waals surface area contributed by atoms with Crippen LogP contribution in [0.25, 0.3) is 0 Å². The molecule has 2 unspecified atom stereocenters. The summed E-state index contributed by atoms with van der Waals surface area (Å²) in [5, 5.41) is 18.8. The van der Waals surface area contributed by atoms with E-state index in [1.807, 2.05) is 13.8 Å². The second kappa shape index (κ2) is 11.8. The molecule has 35 heavy (non-hydrogen) atoms. The zero-order chi connectivity index (χ0) is 25.4. The molecule has 13 heteroatoms. The van der Waals surface area contributed by atoms with Gasteiger partial charge in [0.2, 0.25) is 16.0 Å². The van der Waals surface area contributed by atoms with Crippen LogP contribution in [0.3, 0.4) is 0 Å². The lowest BCUT2D eigenvalue weighted by Crippen LogP contribution is -2.49. The van der Waals surface area contributed by atoms with Crippen LogP contribution in [0.15, 0.2) is 40.4 Å². The minimum Gasteiger partial charge on any atom is -0.480 e. The predicted octanol–water partition coefficient (Wildman–Crippen LogP) is 1.30. The molecule has 12 nitrogen and oxygen atoms in total. The quantitative estimate of drug-likeness (QED) is 0.253. The summed E-state index contributed by atoms with van der Waals surface area (Å²) in [5.41, 5.74) is 2.13. The number of carbonyl (C=O) groups excluding carboxylic acids is 1. The number of aromatic nitrogens is 2. The number of H-pyrrole nitrogens is 1. The molecule has 0 radical (unpaired) electrons. The van der Waals surface area contributed by atoms with Crippen LogP contribution in [0.4, 0.5) is 5.95 Å². The first-order valence-electron chi connectivity index (χ1n) is 11.2. The van der Waals surface area contributed by atoms with E-state index in [2.05, 4.69) is 30.5 Å². The second-order valence-corrected chi connectivity index (χ2v) is 9.94. The van der Waals surface area contributed by atoms with Crippen molar-refractivity contribution in [2.75, 3.05) is 18.4 Å². The molecule has 2 heterocycles. The van der Waals surface area contributed by atoms with Gasteiger partial charge in [-0.1, -0.05) is 23.4 Å². The summed E-state index contributed by atoms with van der Waals surface area (Å²) in [4.78, 5) is 36.7. The van der Waals surface area contributed by atoms with Gasteiger partial charge >= 0.3 is 5.97 Å². The van der Waals surface area contributed by atoms with Crippen LogP contribution < -0.4 is 15.4 Å². The number of nitrogens with zero attached hydrogens (tertiary/aromatic N) is 2. The Morgan fingerprint density at radius 1 is 1.23 bits per heavy atom. The fourth-order valence-corrected chi connectivity index (χ4v) is 4.59. The Kier molecular flexibility index (Phi) is 8.82. The molecular weight excluding hydrogens is 476 g/mol. The molecule has 0 aliphatic carbocycles. The average molecular weight is 507 g/mol.